The van der Waals surface area contributed by atoms with Crippen molar-refractivity contribution in [3.05, 3.63) is 11.3 Å². The SMILES string of the molecule is CCOC(=O)c1c(C)nsc1NCC1CCSC1. The van der Waals surface area contributed by atoms with Gasteiger partial charge in [0.2, 0.25) is 0 Å². The molecular formula is C12H18N2O2S2. The van der Waals surface area contributed by atoms with E-state index < -0.39 is 0 Å². The van der Waals surface area contributed by atoms with E-state index in [1.54, 1.807) is 0 Å². The van der Waals surface area contributed by atoms with Crippen LogP contribution in [-0.4, -0.2) is 35.0 Å². The van der Waals surface area contributed by atoms with Crippen molar-refractivity contribution in [3.8, 4) is 0 Å². The molecule has 1 N–H and O–H groups in total. The first-order valence-electron chi connectivity index (χ1n) is 6.17. The van der Waals surface area contributed by atoms with Crippen LogP contribution in [0, 0.1) is 12.8 Å². The van der Waals surface area contributed by atoms with Gasteiger partial charge in [-0.3, -0.25) is 0 Å². The Morgan fingerprint density at radius 1 is 1.61 bits per heavy atom. The zero-order valence-electron chi connectivity index (χ0n) is 10.7. The zero-order valence-corrected chi connectivity index (χ0v) is 12.3. The molecule has 0 amide bonds. The third kappa shape index (κ3) is 3.17. The fourth-order valence-electron chi connectivity index (χ4n) is 1.92. The largest absolute Gasteiger partial charge is 0.462 e. The number of aromatic nitrogens is 1. The lowest BCUT2D eigenvalue weighted by atomic mass is 10.1. The lowest BCUT2D eigenvalue weighted by Crippen LogP contribution is -2.15. The summed E-state index contributed by atoms with van der Waals surface area (Å²) in [6.45, 7) is 4.98. The van der Waals surface area contributed by atoms with Crippen LogP contribution < -0.4 is 5.32 Å². The molecule has 2 heterocycles. The highest BCUT2D eigenvalue weighted by Crippen LogP contribution is 2.28. The number of nitrogens with one attached hydrogen (secondary N) is 1. The van der Waals surface area contributed by atoms with E-state index in [1.165, 1.54) is 29.5 Å². The van der Waals surface area contributed by atoms with Crippen LogP contribution in [0.1, 0.15) is 29.4 Å². The Labute approximate surface area is 116 Å². The summed E-state index contributed by atoms with van der Waals surface area (Å²) in [5, 5.41) is 4.21. The van der Waals surface area contributed by atoms with Gasteiger partial charge >= 0.3 is 5.97 Å². The summed E-state index contributed by atoms with van der Waals surface area (Å²) in [4.78, 5) is 11.8. The minimum absolute atomic E-state index is 0.271. The molecule has 2 rings (SSSR count). The van der Waals surface area contributed by atoms with Crippen molar-refractivity contribution in [2.24, 2.45) is 5.92 Å². The van der Waals surface area contributed by atoms with E-state index in [4.69, 9.17) is 4.74 Å². The van der Waals surface area contributed by atoms with E-state index in [-0.39, 0.29) is 5.97 Å². The maximum absolute atomic E-state index is 11.8. The zero-order chi connectivity index (χ0) is 13.0. The van der Waals surface area contributed by atoms with Crippen LogP contribution in [0.25, 0.3) is 0 Å². The molecule has 1 aromatic rings. The number of carbonyl (C=O) groups is 1. The maximum Gasteiger partial charge on any atom is 0.343 e. The van der Waals surface area contributed by atoms with Crippen molar-refractivity contribution in [3.63, 3.8) is 0 Å². The van der Waals surface area contributed by atoms with Crippen molar-refractivity contribution in [1.82, 2.24) is 4.37 Å². The highest BCUT2D eigenvalue weighted by Gasteiger charge is 2.21. The number of nitrogens with zero attached hydrogens (tertiary/aromatic N) is 1. The topological polar surface area (TPSA) is 51.2 Å². The standard InChI is InChI=1S/C12H18N2O2S2/c1-3-16-12(15)10-8(2)14-18-11(10)13-6-9-4-5-17-7-9/h9,13H,3-7H2,1-2H3. The summed E-state index contributed by atoms with van der Waals surface area (Å²) in [6, 6.07) is 0. The molecule has 18 heavy (non-hydrogen) atoms. The van der Waals surface area contributed by atoms with Crippen LogP contribution in [-0.2, 0) is 4.74 Å². The van der Waals surface area contributed by atoms with Crippen molar-refractivity contribution in [2.75, 3.05) is 30.0 Å². The molecule has 1 aliphatic rings. The monoisotopic (exact) mass is 286 g/mol. The van der Waals surface area contributed by atoms with Crippen LogP contribution >= 0.6 is 23.3 Å². The molecule has 1 aliphatic heterocycles. The van der Waals surface area contributed by atoms with E-state index >= 15 is 0 Å². The van der Waals surface area contributed by atoms with Crippen molar-refractivity contribution in [1.29, 1.82) is 0 Å². The number of thioether (sulfide) groups is 1. The van der Waals surface area contributed by atoms with Gasteiger partial charge < -0.3 is 10.1 Å². The number of carbonyl (C=O) groups excluding carboxylic acids is 1. The second kappa shape index (κ2) is 6.43. The van der Waals surface area contributed by atoms with Gasteiger partial charge in [-0.05, 0) is 49.2 Å². The molecule has 1 fully saturated rings. The summed E-state index contributed by atoms with van der Waals surface area (Å²) in [6.07, 6.45) is 1.25. The summed E-state index contributed by atoms with van der Waals surface area (Å²) in [5.41, 5.74) is 1.36. The Morgan fingerprint density at radius 2 is 2.44 bits per heavy atom. The van der Waals surface area contributed by atoms with E-state index in [1.807, 2.05) is 25.6 Å². The number of ether oxygens (including phenoxy) is 1. The molecule has 1 unspecified atom stereocenters. The van der Waals surface area contributed by atoms with E-state index in [0.717, 1.165) is 17.2 Å². The third-order valence-corrected chi connectivity index (χ3v) is 5.05. The van der Waals surface area contributed by atoms with Gasteiger partial charge in [-0.1, -0.05) is 0 Å². The molecule has 0 spiro atoms. The Morgan fingerprint density at radius 3 is 3.11 bits per heavy atom. The molecule has 0 aliphatic carbocycles. The van der Waals surface area contributed by atoms with Gasteiger partial charge in [0, 0.05) is 6.54 Å². The highest BCUT2D eigenvalue weighted by atomic mass is 32.2. The third-order valence-electron chi connectivity index (χ3n) is 2.92. The quantitative estimate of drug-likeness (QED) is 0.844. The fourth-order valence-corrected chi connectivity index (χ4v) is 3.99. The first-order chi connectivity index (χ1) is 8.72. The van der Waals surface area contributed by atoms with Crippen LogP contribution in [0.5, 0.6) is 0 Å². The molecule has 4 nitrogen and oxygen atoms in total. The Hall–Kier alpha value is -0.750. The Bertz CT molecular complexity index is 414. The van der Waals surface area contributed by atoms with Crippen LogP contribution in [0.15, 0.2) is 0 Å². The predicted molar refractivity (Wildman–Crippen MR) is 76.7 cm³/mol. The van der Waals surface area contributed by atoms with Gasteiger partial charge in [0.25, 0.3) is 0 Å². The molecule has 1 atom stereocenters. The second-order valence-electron chi connectivity index (χ2n) is 4.30. The Balaban J connectivity index is 2.01. The van der Waals surface area contributed by atoms with Gasteiger partial charge in [-0.25, -0.2) is 4.79 Å². The first kappa shape index (κ1) is 13.7. The minimum atomic E-state index is -0.271. The number of anilines is 1. The molecule has 0 saturated carbocycles. The Kier molecular flexibility index (Phi) is 4.88. The summed E-state index contributed by atoms with van der Waals surface area (Å²) < 4.78 is 9.30. The average molecular weight is 286 g/mol. The predicted octanol–water partition coefficient (Wildman–Crippen LogP) is 2.79. The molecule has 100 valence electrons. The summed E-state index contributed by atoms with van der Waals surface area (Å²) >= 11 is 3.34. The van der Waals surface area contributed by atoms with Crippen molar-refractivity contribution < 1.29 is 9.53 Å². The molecule has 6 heteroatoms. The first-order valence-corrected chi connectivity index (χ1v) is 8.10. The van der Waals surface area contributed by atoms with Gasteiger partial charge in [-0.15, -0.1) is 0 Å². The van der Waals surface area contributed by atoms with Crippen LogP contribution in [0.4, 0.5) is 5.00 Å². The van der Waals surface area contributed by atoms with Gasteiger partial charge in [-0.2, -0.15) is 16.1 Å². The van der Waals surface area contributed by atoms with Gasteiger partial charge in [0.15, 0.2) is 0 Å². The maximum atomic E-state index is 11.8. The molecule has 0 radical (unpaired) electrons. The van der Waals surface area contributed by atoms with Gasteiger partial charge in [0.1, 0.15) is 10.6 Å². The lowest BCUT2D eigenvalue weighted by molar-refractivity contribution is 0.0527. The molecule has 0 aromatic carbocycles. The molecule has 0 bridgehead atoms. The summed E-state index contributed by atoms with van der Waals surface area (Å²) in [7, 11) is 0. The van der Waals surface area contributed by atoms with Crippen LogP contribution in [0.3, 0.4) is 0 Å². The van der Waals surface area contributed by atoms with Crippen LogP contribution in [0.2, 0.25) is 0 Å². The summed E-state index contributed by atoms with van der Waals surface area (Å²) in [5.74, 6) is 2.89. The molecular weight excluding hydrogens is 268 g/mol. The molecule has 1 saturated heterocycles. The number of hydrogen-bond donors (Lipinski definition) is 1. The van der Waals surface area contributed by atoms with E-state index in [2.05, 4.69) is 9.69 Å². The number of aryl methyl sites for hydroxylation is 1. The number of hydrogen-bond acceptors (Lipinski definition) is 6. The average Bonchev–Trinajstić information content (AvgIpc) is 2.96. The number of esters is 1. The van der Waals surface area contributed by atoms with E-state index in [0.29, 0.717) is 18.1 Å². The second-order valence-corrected chi connectivity index (χ2v) is 6.23. The lowest BCUT2D eigenvalue weighted by Gasteiger charge is -2.10. The van der Waals surface area contributed by atoms with Crippen molar-refractivity contribution >= 4 is 34.3 Å². The number of rotatable bonds is 5. The minimum Gasteiger partial charge on any atom is -0.462 e. The smallest absolute Gasteiger partial charge is 0.343 e. The highest BCUT2D eigenvalue weighted by molar-refractivity contribution is 7.99. The normalized spacial score (nSPS) is 18.9. The van der Waals surface area contributed by atoms with E-state index in [9.17, 15) is 4.79 Å². The van der Waals surface area contributed by atoms with Crippen molar-refractivity contribution in [2.45, 2.75) is 20.3 Å². The fraction of sp³-hybridized carbons (Fsp3) is 0.667. The molecule has 1 aromatic heterocycles. The van der Waals surface area contributed by atoms with Gasteiger partial charge in [0.05, 0.1) is 12.3 Å².